The number of hydrogen-bond donors (Lipinski definition) is 1. The second-order valence-corrected chi connectivity index (χ2v) is 3.85. The van der Waals surface area contributed by atoms with E-state index in [1.54, 1.807) is 13.1 Å². The molecule has 88 valence electrons. The number of aryl methyl sites for hydroxylation is 1. The van der Waals surface area contributed by atoms with Gasteiger partial charge in [0.05, 0.1) is 11.8 Å². The monoisotopic (exact) mass is 253 g/mol. The summed E-state index contributed by atoms with van der Waals surface area (Å²) >= 11 is 5.71. The van der Waals surface area contributed by atoms with Crippen LogP contribution in [0.5, 0.6) is 0 Å². The van der Waals surface area contributed by atoms with Gasteiger partial charge in [0.15, 0.2) is 0 Å². The predicted molar refractivity (Wildman–Crippen MR) is 62.6 cm³/mol. The second kappa shape index (κ2) is 4.55. The fraction of sp³-hybridized carbons (Fsp3) is 0.0909. The average molecular weight is 254 g/mol. The van der Waals surface area contributed by atoms with Crippen LogP contribution in [0, 0.1) is 5.82 Å². The van der Waals surface area contributed by atoms with Crippen molar-refractivity contribution in [2.75, 3.05) is 5.32 Å². The first-order valence-electron chi connectivity index (χ1n) is 4.82. The number of rotatable bonds is 2. The maximum atomic E-state index is 13.4. The highest BCUT2D eigenvalue weighted by atomic mass is 35.5. The van der Waals surface area contributed by atoms with E-state index in [1.165, 1.54) is 23.0 Å². The fourth-order valence-corrected chi connectivity index (χ4v) is 1.52. The SMILES string of the molecule is Cn1nccc1NC(=O)c1cc(Cl)ccc1F. The average Bonchev–Trinajstić information content (AvgIpc) is 2.68. The largest absolute Gasteiger partial charge is 0.307 e. The van der Waals surface area contributed by atoms with Gasteiger partial charge in [0.25, 0.3) is 5.91 Å². The standard InChI is InChI=1S/C11H9ClFN3O/c1-16-10(4-5-14-16)15-11(17)8-6-7(12)2-3-9(8)13/h2-6H,1H3,(H,15,17). The van der Waals surface area contributed by atoms with Crippen molar-refractivity contribution in [3.8, 4) is 0 Å². The van der Waals surface area contributed by atoms with Crippen LogP contribution in [0.3, 0.4) is 0 Å². The van der Waals surface area contributed by atoms with Crippen LogP contribution in [-0.4, -0.2) is 15.7 Å². The number of carbonyl (C=O) groups is 1. The Balaban J connectivity index is 2.26. The Morgan fingerprint density at radius 3 is 2.88 bits per heavy atom. The topological polar surface area (TPSA) is 46.9 Å². The van der Waals surface area contributed by atoms with Gasteiger partial charge in [0.2, 0.25) is 0 Å². The Labute approximate surface area is 102 Å². The lowest BCUT2D eigenvalue weighted by Crippen LogP contribution is -2.16. The number of anilines is 1. The molecule has 0 unspecified atom stereocenters. The van der Waals surface area contributed by atoms with Gasteiger partial charge in [-0.2, -0.15) is 5.10 Å². The minimum Gasteiger partial charge on any atom is -0.307 e. The van der Waals surface area contributed by atoms with E-state index >= 15 is 0 Å². The van der Waals surface area contributed by atoms with Crippen LogP contribution in [0.4, 0.5) is 10.2 Å². The van der Waals surface area contributed by atoms with E-state index in [9.17, 15) is 9.18 Å². The van der Waals surface area contributed by atoms with Gasteiger partial charge in [0.1, 0.15) is 11.6 Å². The number of hydrogen-bond acceptors (Lipinski definition) is 2. The second-order valence-electron chi connectivity index (χ2n) is 3.42. The molecule has 1 amide bonds. The van der Waals surface area contributed by atoms with Crippen molar-refractivity contribution >= 4 is 23.3 Å². The van der Waals surface area contributed by atoms with Gasteiger partial charge in [-0.1, -0.05) is 11.6 Å². The Morgan fingerprint density at radius 2 is 2.24 bits per heavy atom. The summed E-state index contributed by atoms with van der Waals surface area (Å²) in [5, 5.41) is 6.73. The maximum absolute atomic E-state index is 13.4. The van der Waals surface area contributed by atoms with Crippen LogP contribution in [0.2, 0.25) is 5.02 Å². The summed E-state index contributed by atoms with van der Waals surface area (Å²) in [6.45, 7) is 0. The molecule has 0 atom stereocenters. The van der Waals surface area contributed by atoms with Crippen molar-refractivity contribution in [3.05, 3.63) is 46.9 Å². The third kappa shape index (κ3) is 2.45. The van der Waals surface area contributed by atoms with E-state index in [2.05, 4.69) is 10.4 Å². The van der Waals surface area contributed by atoms with E-state index in [-0.39, 0.29) is 5.56 Å². The van der Waals surface area contributed by atoms with Crippen LogP contribution in [0.15, 0.2) is 30.5 Å². The predicted octanol–water partition coefficient (Wildman–Crippen LogP) is 2.46. The molecule has 2 rings (SSSR count). The van der Waals surface area contributed by atoms with Crippen molar-refractivity contribution in [1.29, 1.82) is 0 Å². The van der Waals surface area contributed by atoms with Gasteiger partial charge in [0, 0.05) is 18.1 Å². The third-order valence-corrected chi connectivity index (χ3v) is 2.47. The molecule has 4 nitrogen and oxygen atoms in total. The summed E-state index contributed by atoms with van der Waals surface area (Å²) in [5.41, 5.74) is -0.0984. The molecule has 2 aromatic rings. The van der Waals surface area contributed by atoms with Gasteiger partial charge in [-0.05, 0) is 18.2 Å². The summed E-state index contributed by atoms with van der Waals surface area (Å²) < 4.78 is 14.9. The van der Waals surface area contributed by atoms with Gasteiger partial charge >= 0.3 is 0 Å². The molecule has 0 saturated heterocycles. The smallest absolute Gasteiger partial charge is 0.259 e. The van der Waals surface area contributed by atoms with Crippen LogP contribution in [0.1, 0.15) is 10.4 Å². The molecule has 1 N–H and O–H groups in total. The molecule has 0 spiro atoms. The van der Waals surface area contributed by atoms with Crippen LogP contribution in [-0.2, 0) is 7.05 Å². The molecule has 0 fully saturated rings. The lowest BCUT2D eigenvalue weighted by atomic mass is 10.2. The summed E-state index contributed by atoms with van der Waals surface area (Å²) in [7, 11) is 1.67. The molecular weight excluding hydrogens is 245 g/mol. The van der Waals surface area contributed by atoms with E-state index in [4.69, 9.17) is 11.6 Å². The molecule has 0 aliphatic heterocycles. The lowest BCUT2D eigenvalue weighted by molar-refractivity contribution is 0.102. The maximum Gasteiger partial charge on any atom is 0.259 e. The van der Waals surface area contributed by atoms with Crippen molar-refractivity contribution < 1.29 is 9.18 Å². The lowest BCUT2D eigenvalue weighted by Gasteiger charge is -2.06. The number of nitrogens with one attached hydrogen (secondary N) is 1. The number of benzene rings is 1. The zero-order valence-corrected chi connectivity index (χ0v) is 9.70. The van der Waals surface area contributed by atoms with Crippen molar-refractivity contribution in [2.45, 2.75) is 0 Å². The van der Waals surface area contributed by atoms with Crippen LogP contribution < -0.4 is 5.32 Å². The first-order chi connectivity index (χ1) is 8.08. The molecule has 0 bridgehead atoms. The summed E-state index contributed by atoms with van der Waals surface area (Å²) in [4.78, 5) is 11.8. The molecule has 6 heteroatoms. The van der Waals surface area contributed by atoms with Crippen molar-refractivity contribution in [3.63, 3.8) is 0 Å². The van der Waals surface area contributed by atoms with Gasteiger partial charge in [-0.25, -0.2) is 4.39 Å². The molecule has 17 heavy (non-hydrogen) atoms. The number of carbonyl (C=O) groups excluding carboxylic acids is 1. The van der Waals surface area contributed by atoms with Crippen LogP contribution in [0.25, 0.3) is 0 Å². The quantitative estimate of drug-likeness (QED) is 0.894. The first kappa shape index (κ1) is 11.6. The van der Waals surface area contributed by atoms with Crippen molar-refractivity contribution in [2.24, 2.45) is 7.05 Å². The summed E-state index contributed by atoms with van der Waals surface area (Å²) in [6.07, 6.45) is 1.53. The van der Waals surface area contributed by atoms with E-state index < -0.39 is 11.7 Å². The molecule has 0 aliphatic rings. The number of halogens is 2. The zero-order valence-electron chi connectivity index (χ0n) is 8.95. The summed E-state index contributed by atoms with van der Waals surface area (Å²) in [6, 6.07) is 5.43. The van der Waals surface area contributed by atoms with E-state index in [1.807, 2.05) is 0 Å². The highest BCUT2D eigenvalue weighted by molar-refractivity contribution is 6.31. The number of amides is 1. The number of nitrogens with zero attached hydrogens (tertiary/aromatic N) is 2. The van der Waals surface area contributed by atoms with Gasteiger partial charge in [-0.15, -0.1) is 0 Å². The first-order valence-corrected chi connectivity index (χ1v) is 5.20. The molecule has 0 radical (unpaired) electrons. The Kier molecular flexibility index (Phi) is 3.10. The number of aromatic nitrogens is 2. The van der Waals surface area contributed by atoms with Crippen molar-refractivity contribution in [1.82, 2.24) is 9.78 Å². The Bertz CT molecular complexity index is 568. The molecular formula is C11H9ClFN3O. The van der Waals surface area contributed by atoms with Gasteiger partial charge in [-0.3, -0.25) is 9.48 Å². The highest BCUT2D eigenvalue weighted by Gasteiger charge is 2.13. The van der Waals surface area contributed by atoms with Crippen LogP contribution >= 0.6 is 11.6 Å². The van der Waals surface area contributed by atoms with E-state index in [0.29, 0.717) is 10.8 Å². The molecule has 0 saturated carbocycles. The van der Waals surface area contributed by atoms with E-state index in [0.717, 1.165) is 6.07 Å². The Morgan fingerprint density at radius 1 is 1.47 bits per heavy atom. The Hall–Kier alpha value is -1.88. The molecule has 0 aliphatic carbocycles. The summed E-state index contributed by atoms with van der Waals surface area (Å²) in [5.74, 6) is -0.697. The minimum absolute atomic E-state index is 0.0984. The zero-order chi connectivity index (χ0) is 12.4. The normalized spacial score (nSPS) is 10.3. The molecule has 1 heterocycles. The van der Waals surface area contributed by atoms with Gasteiger partial charge < -0.3 is 5.32 Å². The molecule has 1 aromatic carbocycles. The molecule has 1 aromatic heterocycles. The fourth-order valence-electron chi connectivity index (χ4n) is 1.35. The highest BCUT2D eigenvalue weighted by Crippen LogP contribution is 2.16. The minimum atomic E-state index is -0.617. The third-order valence-electron chi connectivity index (χ3n) is 2.24.